The van der Waals surface area contributed by atoms with Gasteiger partial charge in [0.25, 0.3) is 0 Å². The van der Waals surface area contributed by atoms with Crippen LogP contribution in [0.25, 0.3) is 0 Å². The fraction of sp³-hybridized carbons (Fsp3) is 0.474. The van der Waals surface area contributed by atoms with Crippen LogP contribution in [0.3, 0.4) is 0 Å². The summed E-state index contributed by atoms with van der Waals surface area (Å²) in [5.74, 6) is 4.10. The molecule has 0 saturated carbocycles. The maximum Gasteiger partial charge on any atom is 0.161 e. The topological polar surface area (TPSA) is 43.6 Å². The summed E-state index contributed by atoms with van der Waals surface area (Å²) in [7, 11) is 1.67. The SMILES string of the molecule is COc1cc(CNCc2ccc(C)o2)ccc1OCCC(C)C. The summed E-state index contributed by atoms with van der Waals surface area (Å²) in [4.78, 5) is 0. The lowest BCUT2D eigenvalue weighted by molar-refractivity contribution is 0.273. The van der Waals surface area contributed by atoms with E-state index in [1.54, 1.807) is 7.11 Å². The Balaban J connectivity index is 1.87. The van der Waals surface area contributed by atoms with Crippen LogP contribution in [-0.4, -0.2) is 13.7 Å². The molecule has 0 spiro atoms. The van der Waals surface area contributed by atoms with E-state index >= 15 is 0 Å². The van der Waals surface area contributed by atoms with Crippen molar-refractivity contribution in [1.29, 1.82) is 0 Å². The Morgan fingerprint density at radius 1 is 1.09 bits per heavy atom. The summed E-state index contributed by atoms with van der Waals surface area (Å²) in [5, 5.41) is 3.37. The number of furan rings is 1. The van der Waals surface area contributed by atoms with E-state index in [-0.39, 0.29) is 0 Å². The van der Waals surface area contributed by atoms with Crippen LogP contribution < -0.4 is 14.8 Å². The quantitative estimate of drug-likeness (QED) is 0.748. The summed E-state index contributed by atoms with van der Waals surface area (Å²) in [6.07, 6.45) is 1.04. The summed E-state index contributed by atoms with van der Waals surface area (Å²) < 4.78 is 16.8. The van der Waals surface area contributed by atoms with Crippen molar-refractivity contribution < 1.29 is 13.9 Å². The minimum Gasteiger partial charge on any atom is -0.493 e. The number of hydrogen-bond donors (Lipinski definition) is 1. The molecule has 0 radical (unpaired) electrons. The van der Waals surface area contributed by atoms with E-state index in [1.807, 2.05) is 31.2 Å². The van der Waals surface area contributed by atoms with Gasteiger partial charge in [0.05, 0.1) is 20.3 Å². The molecule has 4 nitrogen and oxygen atoms in total. The zero-order chi connectivity index (χ0) is 16.7. The van der Waals surface area contributed by atoms with Crippen LogP contribution >= 0.6 is 0 Å². The fourth-order valence-corrected chi connectivity index (χ4v) is 2.26. The Bertz CT molecular complexity index is 604. The van der Waals surface area contributed by atoms with Crippen molar-refractivity contribution in [2.24, 2.45) is 5.92 Å². The maximum absolute atomic E-state index is 5.81. The second-order valence-electron chi connectivity index (χ2n) is 6.13. The molecule has 23 heavy (non-hydrogen) atoms. The van der Waals surface area contributed by atoms with Gasteiger partial charge in [0, 0.05) is 6.54 Å². The molecule has 0 aliphatic rings. The van der Waals surface area contributed by atoms with E-state index in [2.05, 4.69) is 25.2 Å². The molecule has 0 amide bonds. The van der Waals surface area contributed by atoms with Crippen LogP contribution in [0.15, 0.2) is 34.7 Å². The van der Waals surface area contributed by atoms with Gasteiger partial charge in [0.1, 0.15) is 11.5 Å². The van der Waals surface area contributed by atoms with Crippen LogP contribution in [-0.2, 0) is 13.1 Å². The highest BCUT2D eigenvalue weighted by atomic mass is 16.5. The standard InChI is InChI=1S/C19H27NO3/c1-14(2)9-10-22-18-8-6-16(11-19(18)21-4)12-20-13-17-7-5-15(3)23-17/h5-8,11,14,20H,9-10,12-13H2,1-4H3. The number of rotatable bonds is 9. The minimum absolute atomic E-state index is 0.634. The van der Waals surface area contributed by atoms with Gasteiger partial charge < -0.3 is 19.2 Å². The molecule has 1 aromatic heterocycles. The first-order valence-electron chi connectivity index (χ1n) is 8.14. The van der Waals surface area contributed by atoms with E-state index < -0.39 is 0 Å². The highest BCUT2D eigenvalue weighted by Gasteiger charge is 2.07. The Labute approximate surface area is 138 Å². The second kappa shape index (κ2) is 8.63. The van der Waals surface area contributed by atoms with Gasteiger partial charge in [-0.2, -0.15) is 0 Å². The first-order valence-corrected chi connectivity index (χ1v) is 8.14. The first-order chi connectivity index (χ1) is 11.1. The summed E-state index contributed by atoms with van der Waals surface area (Å²) in [6, 6.07) is 10.0. The zero-order valence-corrected chi connectivity index (χ0v) is 14.5. The van der Waals surface area contributed by atoms with Crippen molar-refractivity contribution in [2.45, 2.75) is 40.3 Å². The molecule has 0 atom stereocenters. The van der Waals surface area contributed by atoms with Gasteiger partial charge in [-0.25, -0.2) is 0 Å². The molecule has 2 aromatic rings. The number of nitrogens with one attached hydrogen (secondary N) is 1. The molecule has 2 rings (SSSR count). The van der Waals surface area contributed by atoms with Crippen molar-refractivity contribution in [3.05, 3.63) is 47.4 Å². The van der Waals surface area contributed by atoms with E-state index in [0.29, 0.717) is 19.1 Å². The van der Waals surface area contributed by atoms with E-state index in [4.69, 9.17) is 13.9 Å². The number of hydrogen-bond acceptors (Lipinski definition) is 4. The molecule has 1 aromatic carbocycles. The molecule has 0 fully saturated rings. The average Bonchev–Trinajstić information content (AvgIpc) is 2.93. The van der Waals surface area contributed by atoms with Crippen LogP contribution in [0.5, 0.6) is 11.5 Å². The van der Waals surface area contributed by atoms with Crippen molar-refractivity contribution in [3.63, 3.8) is 0 Å². The van der Waals surface area contributed by atoms with Crippen LogP contribution in [0.1, 0.15) is 37.4 Å². The zero-order valence-electron chi connectivity index (χ0n) is 14.5. The molecule has 4 heteroatoms. The van der Waals surface area contributed by atoms with Gasteiger partial charge in [-0.3, -0.25) is 0 Å². The third kappa shape index (κ3) is 5.64. The van der Waals surface area contributed by atoms with Crippen molar-refractivity contribution >= 4 is 0 Å². The van der Waals surface area contributed by atoms with Gasteiger partial charge in [0.2, 0.25) is 0 Å². The van der Waals surface area contributed by atoms with Crippen LogP contribution in [0.2, 0.25) is 0 Å². The largest absolute Gasteiger partial charge is 0.493 e. The Hall–Kier alpha value is -1.94. The molecule has 0 saturated heterocycles. The molecule has 0 aliphatic heterocycles. The lowest BCUT2D eigenvalue weighted by Gasteiger charge is -2.13. The first kappa shape index (κ1) is 17.4. The number of aryl methyl sites for hydroxylation is 1. The fourth-order valence-electron chi connectivity index (χ4n) is 2.26. The minimum atomic E-state index is 0.634. The summed E-state index contributed by atoms with van der Waals surface area (Å²) >= 11 is 0. The van der Waals surface area contributed by atoms with Crippen molar-refractivity contribution in [1.82, 2.24) is 5.32 Å². The average molecular weight is 317 g/mol. The molecule has 0 unspecified atom stereocenters. The smallest absolute Gasteiger partial charge is 0.161 e. The van der Waals surface area contributed by atoms with Crippen LogP contribution in [0, 0.1) is 12.8 Å². The Morgan fingerprint density at radius 3 is 2.57 bits per heavy atom. The molecular formula is C19H27NO3. The highest BCUT2D eigenvalue weighted by Crippen LogP contribution is 2.28. The van der Waals surface area contributed by atoms with Crippen molar-refractivity contribution in [2.75, 3.05) is 13.7 Å². The summed E-state index contributed by atoms with van der Waals surface area (Å²) in [6.45, 7) is 8.51. The van der Waals surface area contributed by atoms with Gasteiger partial charge in [-0.15, -0.1) is 0 Å². The summed E-state index contributed by atoms with van der Waals surface area (Å²) in [5.41, 5.74) is 1.15. The molecular weight excluding hydrogens is 290 g/mol. The van der Waals surface area contributed by atoms with E-state index in [0.717, 1.165) is 41.5 Å². The maximum atomic E-state index is 5.81. The van der Waals surface area contributed by atoms with E-state index in [9.17, 15) is 0 Å². The Kier molecular flexibility index (Phi) is 6.53. The van der Waals surface area contributed by atoms with Gasteiger partial charge in [-0.1, -0.05) is 19.9 Å². The monoisotopic (exact) mass is 317 g/mol. The molecule has 126 valence electrons. The predicted octanol–water partition coefficient (Wildman–Crippen LogP) is 4.31. The lowest BCUT2D eigenvalue weighted by Crippen LogP contribution is -2.12. The van der Waals surface area contributed by atoms with Gasteiger partial charge in [0.15, 0.2) is 11.5 Å². The molecule has 1 heterocycles. The molecule has 0 aliphatic carbocycles. The lowest BCUT2D eigenvalue weighted by atomic mass is 10.1. The Morgan fingerprint density at radius 2 is 1.91 bits per heavy atom. The van der Waals surface area contributed by atoms with E-state index in [1.165, 1.54) is 0 Å². The van der Waals surface area contributed by atoms with Gasteiger partial charge in [-0.05, 0) is 49.1 Å². The van der Waals surface area contributed by atoms with Crippen LogP contribution in [0.4, 0.5) is 0 Å². The predicted molar refractivity (Wildman–Crippen MR) is 91.9 cm³/mol. The normalized spacial score (nSPS) is 11.0. The molecule has 0 bridgehead atoms. The van der Waals surface area contributed by atoms with Crippen molar-refractivity contribution in [3.8, 4) is 11.5 Å². The molecule has 1 N–H and O–H groups in total. The number of methoxy groups -OCH3 is 1. The second-order valence-corrected chi connectivity index (χ2v) is 6.13. The van der Waals surface area contributed by atoms with Gasteiger partial charge >= 0.3 is 0 Å². The third-order valence-electron chi connectivity index (χ3n) is 3.61. The number of benzene rings is 1. The number of ether oxygens (including phenoxy) is 2. The highest BCUT2D eigenvalue weighted by molar-refractivity contribution is 5.42. The third-order valence-corrected chi connectivity index (χ3v) is 3.61.